The molecule has 1 aromatic carbocycles. The summed E-state index contributed by atoms with van der Waals surface area (Å²) in [5.41, 5.74) is 1.08. The van der Waals surface area contributed by atoms with Crippen molar-refractivity contribution in [1.82, 2.24) is 5.32 Å². The minimum Gasteiger partial charge on any atom is -0.389 e. The Hall–Kier alpha value is -1.11. The van der Waals surface area contributed by atoms with E-state index in [4.69, 9.17) is 0 Å². The van der Waals surface area contributed by atoms with Gasteiger partial charge in [-0.1, -0.05) is 12.1 Å². The molecule has 0 saturated heterocycles. The molecular formula is C14H22N2O3S. The Kier molecular flexibility index (Phi) is 4.36. The van der Waals surface area contributed by atoms with Crippen LogP contribution in [-0.4, -0.2) is 31.9 Å². The Labute approximate surface area is 120 Å². The topological polar surface area (TPSA) is 78.4 Å². The minimum absolute atomic E-state index is 0.118. The Morgan fingerprint density at radius 1 is 1.30 bits per heavy atom. The van der Waals surface area contributed by atoms with Gasteiger partial charge in [0, 0.05) is 18.3 Å². The molecule has 1 unspecified atom stereocenters. The molecule has 0 aromatic heterocycles. The normalized spacial score (nSPS) is 19.1. The maximum absolute atomic E-state index is 11.1. The maximum Gasteiger partial charge on any atom is 0.229 e. The van der Waals surface area contributed by atoms with Crippen molar-refractivity contribution < 1.29 is 13.5 Å². The lowest BCUT2D eigenvalue weighted by Crippen LogP contribution is -2.46. The highest BCUT2D eigenvalue weighted by atomic mass is 32.2. The third-order valence-corrected chi connectivity index (χ3v) is 4.34. The van der Waals surface area contributed by atoms with Crippen molar-refractivity contribution in [2.24, 2.45) is 0 Å². The Morgan fingerprint density at radius 2 is 1.90 bits per heavy atom. The van der Waals surface area contributed by atoms with Gasteiger partial charge in [-0.05, 0) is 43.9 Å². The van der Waals surface area contributed by atoms with Gasteiger partial charge in [0.15, 0.2) is 0 Å². The molecule has 112 valence electrons. The van der Waals surface area contributed by atoms with Crippen LogP contribution in [0.4, 0.5) is 5.69 Å². The number of benzene rings is 1. The van der Waals surface area contributed by atoms with E-state index >= 15 is 0 Å². The van der Waals surface area contributed by atoms with Crippen molar-refractivity contribution >= 4 is 15.7 Å². The fourth-order valence-corrected chi connectivity index (χ4v) is 2.84. The summed E-state index contributed by atoms with van der Waals surface area (Å²) < 4.78 is 24.7. The molecule has 0 bridgehead atoms. The van der Waals surface area contributed by atoms with E-state index in [2.05, 4.69) is 10.0 Å². The van der Waals surface area contributed by atoms with Crippen LogP contribution < -0.4 is 10.0 Å². The van der Waals surface area contributed by atoms with Gasteiger partial charge in [-0.15, -0.1) is 0 Å². The fourth-order valence-electron chi connectivity index (χ4n) is 2.28. The molecule has 1 aromatic rings. The van der Waals surface area contributed by atoms with E-state index in [0.29, 0.717) is 12.2 Å². The zero-order chi connectivity index (χ0) is 14.8. The monoisotopic (exact) mass is 298 g/mol. The molecule has 3 N–H and O–H groups in total. The second kappa shape index (κ2) is 5.71. The average molecular weight is 298 g/mol. The van der Waals surface area contributed by atoms with E-state index in [1.165, 1.54) is 0 Å². The number of anilines is 1. The van der Waals surface area contributed by atoms with Crippen LogP contribution >= 0.6 is 0 Å². The second-order valence-electron chi connectivity index (χ2n) is 5.68. The van der Waals surface area contributed by atoms with Crippen LogP contribution in [0.1, 0.15) is 37.8 Å². The summed E-state index contributed by atoms with van der Waals surface area (Å²) in [7, 11) is -3.23. The molecule has 0 heterocycles. The van der Waals surface area contributed by atoms with E-state index in [1.807, 2.05) is 19.1 Å². The van der Waals surface area contributed by atoms with Crippen LogP contribution in [0.25, 0.3) is 0 Å². The third-order valence-electron chi connectivity index (χ3n) is 3.74. The van der Waals surface area contributed by atoms with Gasteiger partial charge in [0.25, 0.3) is 0 Å². The average Bonchev–Trinajstić information content (AvgIpc) is 2.32. The van der Waals surface area contributed by atoms with E-state index in [-0.39, 0.29) is 6.04 Å². The zero-order valence-corrected chi connectivity index (χ0v) is 12.7. The van der Waals surface area contributed by atoms with Crippen molar-refractivity contribution in [3.8, 4) is 0 Å². The van der Waals surface area contributed by atoms with Gasteiger partial charge in [0.2, 0.25) is 10.0 Å². The third kappa shape index (κ3) is 4.19. The predicted molar refractivity (Wildman–Crippen MR) is 80.1 cm³/mol. The molecule has 1 fully saturated rings. The highest BCUT2D eigenvalue weighted by Crippen LogP contribution is 2.31. The van der Waals surface area contributed by atoms with Crippen molar-refractivity contribution in [3.63, 3.8) is 0 Å². The van der Waals surface area contributed by atoms with Crippen molar-refractivity contribution in [1.29, 1.82) is 0 Å². The first-order valence-corrected chi connectivity index (χ1v) is 8.70. The van der Waals surface area contributed by atoms with Crippen LogP contribution in [0.5, 0.6) is 0 Å². The molecular weight excluding hydrogens is 276 g/mol. The molecule has 6 heteroatoms. The van der Waals surface area contributed by atoms with E-state index in [1.54, 1.807) is 12.1 Å². The van der Waals surface area contributed by atoms with Crippen LogP contribution in [0.2, 0.25) is 0 Å². The standard InChI is InChI=1S/C14H22N2O3S/c1-11(15-10-14(17)8-3-9-14)12-4-6-13(7-5-12)16-20(2,18)19/h4-7,11,15-17H,3,8-10H2,1-2H3. The second-order valence-corrected chi connectivity index (χ2v) is 7.43. The molecule has 0 spiro atoms. The van der Waals surface area contributed by atoms with Crippen molar-refractivity contribution in [2.75, 3.05) is 17.5 Å². The summed E-state index contributed by atoms with van der Waals surface area (Å²) in [4.78, 5) is 0. The summed E-state index contributed by atoms with van der Waals surface area (Å²) in [6.45, 7) is 2.62. The number of hydrogen-bond donors (Lipinski definition) is 3. The summed E-state index contributed by atoms with van der Waals surface area (Å²) >= 11 is 0. The van der Waals surface area contributed by atoms with Gasteiger partial charge in [0.1, 0.15) is 0 Å². The quantitative estimate of drug-likeness (QED) is 0.746. The van der Waals surface area contributed by atoms with Gasteiger partial charge in [-0.2, -0.15) is 0 Å². The predicted octanol–water partition coefficient (Wildman–Crippen LogP) is 1.62. The smallest absolute Gasteiger partial charge is 0.229 e. The lowest BCUT2D eigenvalue weighted by molar-refractivity contribution is -0.0329. The van der Waals surface area contributed by atoms with Crippen LogP contribution in [-0.2, 0) is 10.0 Å². The molecule has 0 aliphatic heterocycles. The van der Waals surface area contributed by atoms with Gasteiger partial charge in [-0.3, -0.25) is 4.72 Å². The first-order valence-electron chi connectivity index (χ1n) is 6.81. The Morgan fingerprint density at radius 3 is 2.35 bits per heavy atom. The Bertz CT molecular complexity index is 550. The van der Waals surface area contributed by atoms with Gasteiger partial charge in [0.05, 0.1) is 11.9 Å². The van der Waals surface area contributed by atoms with E-state index in [0.717, 1.165) is 31.1 Å². The number of nitrogens with one attached hydrogen (secondary N) is 2. The SMILES string of the molecule is CC(NCC1(O)CCC1)c1ccc(NS(C)(=O)=O)cc1. The lowest BCUT2D eigenvalue weighted by atomic mass is 9.80. The summed E-state index contributed by atoms with van der Waals surface area (Å²) in [6, 6.07) is 7.37. The van der Waals surface area contributed by atoms with Gasteiger partial charge < -0.3 is 10.4 Å². The van der Waals surface area contributed by atoms with Gasteiger partial charge >= 0.3 is 0 Å². The van der Waals surface area contributed by atoms with Gasteiger partial charge in [-0.25, -0.2) is 8.42 Å². The van der Waals surface area contributed by atoms with Crippen LogP contribution in [0.3, 0.4) is 0 Å². The van der Waals surface area contributed by atoms with Crippen molar-refractivity contribution in [2.45, 2.75) is 37.8 Å². The largest absolute Gasteiger partial charge is 0.389 e. The van der Waals surface area contributed by atoms with E-state index < -0.39 is 15.6 Å². The summed E-state index contributed by atoms with van der Waals surface area (Å²) in [5, 5.41) is 13.4. The van der Waals surface area contributed by atoms with Crippen LogP contribution in [0.15, 0.2) is 24.3 Å². The number of aliphatic hydroxyl groups is 1. The maximum atomic E-state index is 11.1. The molecule has 1 atom stereocenters. The minimum atomic E-state index is -3.23. The van der Waals surface area contributed by atoms with Crippen LogP contribution in [0, 0.1) is 0 Å². The zero-order valence-electron chi connectivity index (χ0n) is 11.9. The number of hydrogen-bond acceptors (Lipinski definition) is 4. The highest BCUT2D eigenvalue weighted by molar-refractivity contribution is 7.92. The first kappa shape index (κ1) is 15.3. The Balaban J connectivity index is 1.91. The summed E-state index contributed by atoms with van der Waals surface area (Å²) in [5.74, 6) is 0. The lowest BCUT2D eigenvalue weighted by Gasteiger charge is -2.37. The molecule has 1 aliphatic rings. The molecule has 0 radical (unpaired) electrons. The molecule has 20 heavy (non-hydrogen) atoms. The molecule has 1 saturated carbocycles. The molecule has 2 rings (SSSR count). The number of sulfonamides is 1. The van der Waals surface area contributed by atoms with E-state index in [9.17, 15) is 13.5 Å². The van der Waals surface area contributed by atoms with Crippen molar-refractivity contribution in [3.05, 3.63) is 29.8 Å². The first-order chi connectivity index (χ1) is 9.27. The summed E-state index contributed by atoms with van der Waals surface area (Å²) in [6.07, 6.45) is 3.96. The molecule has 0 amide bonds. The molecule has 1 aliphatic carbocycles. The molecule has 5 nitrogen and oxygen atoms in total. The highest BCUT2D eigenvalue weighted by Gasteiger charge is 2.34. The fraction of sp³-hybridized carbons (Fsp3) is 0.571. The number of rotatable bonds is 6.